The van der Waals surface area contributed by atoms with E-state index in [-0.39, 0.29) is 16.2 Å². The third-order valence-corrected chi connectivity index (χ3v) is 8.74. The molecule has 4 heteroatoms. The quantitative estimate of drug-likeness (QED) is 0.375. The molecule has 3 aromatic carbocycles. The average molecular weight is 347 g/mol. The van der Waals surface area contributed by atoms with E-state index in [9.17, 15) is 10.1 Å². The number of hydrogen-bond donors (Lipinski definition) is 0. The van der Waals surface area contributed by atoms with E-state index in [0.29, 0.717) is 0 Å². The first-order chi connectivity index (χ1) is 12.0. The zero-order valence-corrected chi connectivity index (χ0v) is 15.4. The summed E-state index contributed by atoms with van der Waals surface area (Å²) in [4.78, 5) is 10.6. The Morgan fingerprint density at radius 1 is 0.760 bits per heavy atom. The Kier molecular flexibility index (Phi) is 4.81. The van der Waals surface area contributed by atoms with E-state index in [2.05, 4.69) is 61.6 Å². The molecule has 3 rings (SSSR count). The first kappa shape index (κ1) is 17.1. The van der Waals surface area contributed by atoms with Gasteiger partial charge in [-0.1, -0.05) is 91.1 Å². The molecule has 0 radical (unpaired) electrons. The van der Waals surface area contributed by atoms with Crippen LogP contribution in [0.2, 0.25) is 13.1 Å². The van der Waals surface area contributed by atoms with Crippen molar-refractivity contribution in [3.05, 3.63) is 106 Å². The van der Waals surface area contributed by atoms with Crippen LogP contribution in [0.15, 0.2) is 84.9 Å². The molecule has 0 fully saturated rings. The van der Waals surface area contributed by atoms with E-state index in [1.807, 2.05) is 24.3 Å². The Labute approximate surface area is 149 Å². The highest BCUT2D eigenvalue weighted by Crippen LogP contribution is 2.34. The summed E-state index contributed by atoms with van der Waals surface area (Å²) in [5.74, 6) is 0. The van der Waals surface area contributed by atoms with Crippen LogP contribution in [0.3, 0.4) is 0 Å². The van der Waals surface area contributed by atoms with Crippen molar-refractivity contribution in [2.24, 2.45) is 0 Å². The van der Waals surface area contributed by atoms with Crippen LogP contribution in [0.4, 0.5) is 5.69 Å². The van der Waals surface area contributed by atoms with Gasteiger partial charge in [-0.15, -0.1) is 0 Å². The maximum atomic E-state index is 11.0. The van der Waals surface area contributed by atoms with Crippen molar-refractivity contribution in [2.45, 2.75) is 18.6 Å². The molecular formula is C21H21NO2Si. The zero-order valence-electron chi connectivity index (χ0n) is 14.4. The van der Waals surface area contributed by atoms with Gasteiger partial charge >= 0.3 is 0 Å². The fraction of sp³-hybridized carbons (Fsp3) is 0.143. The molecule has 0 heterocycles. The topological polar surface area (TPSA) is 43.1 Å². The lowest BCUT2D eigenvalue weighted by molar-refractivity contribution is -0.384. The van der Waals surface area contributed by atoms with Crippen LogP contribution in [0.1, 0.15) is 16.7 Å². The molecule has 1 unspecified atom stereocenters. The van der Waals surface area contributed by atoms with Crippen molar-refractivity contribution in [3.63, 3.8) is 0 Å². The van der Waals surface area contributed by atoms with E-state index < -0.39 is 8.07 Å². The molecule has 0 aliphatic carbocycles. The fourth-order valence-corrected chi connectivity index (χ4v) is 6.93. The number of rotatable bonds is 5. The van der Waals surface area contributed by atoms with Crippen LogP contribution < -0.4 is 5.19 Å². The number of benzene rings is 3. The monoisotopic (exact) mass is 347 g/mol. The van der Waals surface area contributed by atoms with Crippen LogP contribution in [-0.4, -0.2) is 13.0 Å². The van der Waals surface area contributed by atoms with E-state index >= 15 is 0 Å². The molecule has 0 aromatic heterocycles. The van der Waals surface area contributed by atoms with Crippen molar-refractivity contribution in [3.8, 4) is 0 Å². The molecule has 0 N–H and O–H groups in total. The lowest BCUT2D eigenvalue weighted by Gasteiger charge is -2.34. The summed E-state index contributed by atoms with van der Waals surface area (Å²) in [7, 11) is -1.90. The van der Waals surface area contributed by atoms with Gasteiger partial charge in [0, 0.05) is 17.7 Å². The molecule has 0 aliphatic rings. The Hall–Kier alpha value is -2.72. The molecule has 0 amide bonds. The summed E-state index contributed by atoms with van der Waals surface area (Å²) in [6.45, 7) is 4.73. The second-order valence-electron chi connectivity index (χ2n) is 6.78. The molecule has 0 saturated carbocycles. The van der Waals surface area contributed by atoms with Gasteiger partial charge in [0.05, 0.1) is 13.0 Å². The smallest absolute Gasteiger partial charge is 0.258 e. The number of nitro groups is 1. The SMILES string of the molecule is C[Si](C)(c1ccccc1)C(c1ccccc1)c1ccc([N+](=O)[O-])cc1. The lowest BCUT2D eigenvalue weighted by Crippen LogP contribution is -2.48. The highest BCUT2D eigenvalue weighted by Gasteiger charge is 2.36. The molecule has 25 heavy (non-hydrogen) atoms. The van der Waals surface area contributed by atoms with Gasteiger partial charge in [-0.05, 0) is 11.1 Å². The van der Waals surface area contributed by atoms with Crippen LogP contribution in [0, 0.1) is 10.1 Å². The van der Waals surface area contributed by atoms with Crippen molar-refractivity contribution >= 4 is 18.9 Å². The summed E-state index contributed by atoms with van der Waals surface area (Å²) in [5.41, 5.74) is 2.76. The minimum atomic E-state index is -1.90. The maximum Gasteiger partial charge on any atom is 0.269 e. The van der Waals surface area contributed by atoms with Crippen molar-refractivity contribution < 1.29 is 4.92 Å². The molecule has 0 bridgehead atoms. The van der Waals surface area contributed by atoms with Crippen LogP contribution in [-0.2, 0) is 0 Å². The van der Waals surface area contributed by atoms with E-state index in [1.54, 1.807) is 12.1 Å². The minimum absolute atomic E-state index is 0.134. The summed E-state index contributed by atoms with van der Waals surface area (Å²) in [6, 6.07) is 28.1. The van der Waals surface area contributed by atoms with Gasteiger partial charge in [-0.25, -0.2) is 0 Å². The molecule has 0 saturated heterocycles. The maximum absolute atomic E-state index is 11.0. The molecule has 126 valence electrons. The number of non-ortho nitro benzene ring substituents is 1. The highest BCUT2D eigenvalue weighted by atomic mass is 28.3. The van der Waals surface area contributed by atoms with Crippen LogP contribution in [0.5, 0.6) is 0 Å². The standard InChI is InChI=1S/C21H21NO2Si/c1-25(2,20-11-7-4-8-12-20)21(17-9-5-3-6-10-17)18-13-15-19(16-14-18)22(23)24/h3-16,21H,1-2H3. The normalized spacial score (nSPS) is 12.6. The predicted octanol–water partition coefficient (Wildman–Crippen LogP) is 4.88. The Morgan fingerprint density at radius 3 is 1.76 bits per heavy atom. The Bertz CT molecular complexity index is 846. The van der Waals surface area contributed by atoms with E-state index in [4.69, 9.17) is 0 Å². The van der Waals surface area contributed by atoms with Gasteiger partial charge in [0.1, 0.15) is 0 Å². The first-order valence-corrected chi connectivity index (χ1v) is 11.4. The second-order valence-corrected chi connectivity index (χ2v) is 11.4. The average Bonchev–Trinajstić information content (AvgIpc) is 2.64. The Morgan fingerprint density at radius 2 is 1.24 bits per heavy atom. The van der Waals surface area contributed by atoms with Gasteiger partial charge in [-0.2, -0.15) is 0 Å². The van der Waals surface area contributed by atoms with Crippen molar-refractivity contribution in [2.75, 3.05) is 0 Å². The zero-order chi connectivity index (χ0) is 17.9. The fourth-order valence-electron chi connectivity index (χ4n) is 3.49. The highest BCUT2D eigenvalue weighted by molar-refractivity contribution is 6.91. The summed E-state index contributed by atoms with van der Waals surface area (Å²) < 4.78 is 0. The van der Waals surface area contributed by atoms with Gasteiger partial charge in [0.15, 0.2) is 0 Å². The van der Waals surface area contributed by atoms with Gasteiger partial charge in [-0.3, -0.25) is 10.1 Å². The third kappa shape index (κ3) is 3.54. The Balaban J connectivity index is 2.12. The van der Waals surface area contributed by atoms with Crippen molar-refractivity contribution in [1.82, 2.24) is 0 Å². The van der Waals surface area contributed by atoms with Crippen LogP contribution >= 0.6 is 0 Å². The second kappa shape index (κ2) is 7.03. The number of nitrogens with zero attached hydrogens (tertiary/aromatic N) is 1. The minimum Gasteiger partial charge on any atom is -0.258 e. The molecule has 0 aliphatic heterocycles. The third-order valence-electron chi connectivity index (χ3n) is 4.81. The summed E-state index contributed by atoms with van der Waals surface area (Å²) in [6.07, 6.45) is 0. The van der Waals surface area contributed by atoms with E-state index in [1.165, 1.54) is 10.8 Å². The molecule has 3 nitrogen and oxygen atoms in total. The molecule has 1 atom stereocenters. The summed E-state index contributed by atoms with van der Waals surface area (Å²) >= 11 is 0. The molecule has 0 spiro atoms. The molecular weight excluding hydrogens is 326 g/mol. The number of nitro benzene ring substituents is 1. The largest absolute Gasteiger partial charge is 0.269 e. The number of hydrogen-bond acceptors (Lipinski definition) is 2. The molecule has 3 aromatic rings. The first-order valence-electron chi connectivity index (χ1n) is 8.35. The van der Waals surface area contributed by atoms with Gasteiger partial charge < -0.3 is 0 Å². The summed E-state index contributed by atoms with van der Waals surface area (Å²) in [5, 5.41) is 12.4. The lowest BCUT2D eigenvalue weighted by atomic mass is 10.0. The van der Waals surface area contributed by atoms with Gasteiger partial charge in [0.2, 0.25) is 0 Å². The van der Waals surface area contributed by atoms with E-state index in [0.717, 1.165) is 5.56 Å². The van der Waals surface area contributed by atoms with Crippen LogP contribution in [0.25, 0.3) is 0 Å². The van der Waals surface area contributed by atoms with Gasteiger partial charge in [0.25, 0.3) is 5.69 Å². The van der Waals surface area contributed by atoms with Crippen molar-refractivity contribution in [1.29, 1.82) is 0 Å². The predicted molar refractivity (Wildman–Crippen MR) is 105 cm³/mol.